The van der Waals surface area contributed by atoms with E-state index < -0.39 is 0 Å². The van der Waals surface area contributed by atoms with Gasteiger partial charge in [-0.3, -0.25) is 0 Å². The third kappa shape index (κ3) is 7.54. The van der Waals surface area contributed by atoms with E-state index in [0.29, 0.717) is 45.6 Å². The molecule has 0 atom stereocenters. The fraction of sp³-hybridized carbons (Fsp3) is 0.846. The minimum atomic E-state index is 0.431. The van der Waals surface area contributed by atoms with E-state index >= 15 is 0 Å². The Morgan fingerprint density at radius 2 is 1.85 bits per heavy atom. The van der Waals surface area contributed by atoms with Gasteiger partial charge in [-0.1, -0.05) is 13.8 Å². The van der Waals surface area contributed by atoms with Gasteiger partial charge in [-0.15, -0.1) is 0 Å². The molecule has 1 rings (SSSR count). The summed E-state index contributed by atoms with van der Waals surface area (Å²) in [4.78, 5) is 4.23. The summed E-state index contributed by atoms with van der Waals surface area (Å²) in [5.41, 5.74) is 0. The van der Waals surface area contributed by atoms with Crippen molar-refractivity contribution in [3.8, 4) is 0 Å². The van der Waals surface area contributed by atoms with E-state index in [-0.39, 0.29) is 0 Å². The van der Waals surface area contributed by atoms with Gasteiger partial charge in [0.25, 0.3) is 0 Å². The summed E-state index contributed by atoms with van der Waals surface area (Å²) < 4.78 is 17.5. The molecular formula is C13H26N4O3. The minimum Gasteiger partial charge on any atom is -0.382 e. The summed E-state index contributed by atoms with van der Waals surface area (Å²) >= 11 is 0. The maximum atomic E-state index is 5.49. The molecule has 20 heavy (non-hydrogen) atoms. The van der Waals surface area contributed by atoms with Crippen molar-refractivity contribution in [3.05, 3.63) is 12.2 Å². The maximum absolute atomic E-state index is 5.49. The van der Waals surface area contributed by atoms with Crippen molar-refractivity contribution < 1.29 is 14.2 Å². The van der Waals surface area contributed by atoms with Crippen LogP contribution in [0.3, 0.4) is 0 Å². The third-order valence-corrected chi connectivity index (χ3v) is 2.62. The molecule has 0 saturated carbocycles. The van der Waals surface area contributed by atoms with E-state index in [2.05, 4.69) is 29.2 Å². The number of rotatable bonds is 12. The Morgan fingerprint density at radius 3 is 2.55 bits per heavy atom. The van der Waals surface area contributed by atoms with Crippen molar-refractivity contribution in [2.24, 2.45) is 0 Å². The molecule has 0 amide bonds. The molecule has 0 fully saturated rings. The van der Waals surface area contributed by atoms with Crippen molar-refractivity contribution in [1.29, 1.82) is 0 Å². The zero-order chi connectivity index (χ0) is 14.6. The summed E-state index contributed by atoms with van der Waals surface area (Å²) in [7, 11) is 1.66. The lowest BCUT2D eigenvalue weighted by molar-refractivity contribution is 0.0224. The van der Waals surface area contributed by atoms with Gasteiger partial charge in [0, 0.05) is 13.2 Å². The molecule has 0 aliphatic carbocycles. The first kappa shape index (κ1) is 17.0. The molecular weight excluding hydrogens is 260 g/mol. The van der Waals surface area contributed by atoms with Crippen molar-refractivity contribution in [2.45, 2.75) is 33.0 Å². The predicted molar refractivity (Wildman–Crippen MR) is 75.5 cm³/mol. The molecule has 1 aromatic heterocycles. The van der Waals surface area contributed by atoms with Gasteiger partial charge < -0.3 is 19.5 Å². The maximum Gasteiger partial charge on any atom is 0.140 e. The Labute approximate surface area is 120 Å². The standard InChI is InChI=1S/C13H26N4O3/c1-12(2)14-10-13-15-11-16-17(13)4-5-19-8-9-20-7-6-18-3/h11-12,14H,4-10H2,1-3H3. The van der Waals surface area contributed by atoms with Crippen LogP contribution in [0.1, 0.15) is 19.7 Å². The smallest absolute Gasteiger partial charge is 0.140 e. The van der Waals surface area contributed by atoms with Crippen LogP contribution in [0.4, 0.5) is 0 Å². The number of hydrogen-bond acceptors (Lipinski definition) is 6. The summed E-state index contributed by atoms with van der Waals surface area (Å²) in [6.07, 6.45) is 1.57. The number of nitrogens with zero attached hydrogens (tertiary/aromatic N) is 3. The highest BCUT2D eigenvalue weighted by molar-refractivity contribution is 4.84. The number of nitrogens with one attached hydrogen (secondary N) is 1. The van der Waals surface area contributed by atoms with Gasteiger partial charge in [0.15, 0.2) is 0 Å². The molecule has 0 unspecified atom stereocenters. The SMILES string of the molecule is COCCOCCOCCn1ncnc1CNC(C)C. The Kier molecular flexibility index (Phi) is 9.14. The van der Waals surface area contributed by atoms with Crippen LogP contribution in [0.2, 0.25) is 0 Å². The lowest BCUT2D eigenvalue weighted by Gasteiger charge is -2.10. The Balaban J connectivity index is 2.08. The van der Waals surface area contributed by atoms with Gasteiger partial charge in [-0.05, 0) is 0 Å². The van der Waals surface area contributed by atoms with Gasteiger partial charge in [-0.25, -0.2) is 9.67 Å². The molecule has 0 saturated heterocycles. The molecule has 1 heterocycles. The Hall–Kier alpha value is -1.02. The van der Waals surface area contributed by atoms with Crippen LogP contribution in [0.5, 0.6) is 0 Å². The summed E-state index contributed by atoms with van der Waals surface area (Å²) in [5, 5.41) is 7.51. The average molecular weight is 286 g/mol. The number of methoxy groups -OCH3 is 1. The van der Waals surface area contributed by atoms with Gasteiger partial charge in [0.2, 0.25) is 0 Å². The van der Waals surface area contributed by atoms with Crippen LogP contribution >= 0.6 is 0 Å². The van der Waals surface area contributed by atoms with E-state index in [1.54, 1.807) is 13.4 Å². The average Bonchev–Trinajstić information content (AvgIpc) is 2.87. The third-order valence-electron chi connectivity index (χ3n) is 2.62. The normalized spacial score (nSPS) is 11.4. The Morgan fingerprint density at radius 1 is 1.15 bits per heavy atom. The van der Waals surface area contributed by atoms with Crippen molar-refractivity contribution in [2.75, 3.05) is 40.1 Å². The van der Waals surface area contributed by atoms with E-state index in [1.807, 2.05) is 4.68 Å². The van der Waals surface area contributed by atoms with Crippen molar-refractivity contribution >= 4 is 0 Å². The van der Waals surface area contributed by atoms with Crippen LogP contribution < -0.4 is 5.32 Å². The van der Waals surface area contributed by atoms with E-state index in [1.165, 1.54) is 0 Å². The highest BCUT2D eigenvalue weighted by Crippen LogP contribution is 1.95. The highest BCUT2D eigenvalue weighted by Gasteiger charge is 2.04. The molecule has 116 valence electrons. The highest BCUT2D eigenvalue weighted by atomic mass is 16.5. The van der Waals surface area contributed by atoms with Crippen LogP contribution in [0.15, 0.2) is 6.33 Å². The second-order valence-electron chi connectivity index (χ2n) is 4.65. The van der Waals surface area contributed by atoms with E-state index in [4.69, 9.17) is 14.2 Å². The molecule has 7 nitrogen and oxygen atoms in total. The molecule has 7 heteroatoms. The molecule has 0 bridgehead atoms. The lowest BCUT2D eigenvalue weighted by Crippen LogP contribution is -2.25. The number of aromatic nitrogens is 3. The zero-order valence-corrected chi connectivity index (χ0v) is 12.7. The largest absolute Gasteiger partial charge is 0.382 e. The molecule has 1 aromatic rings. The van der Waals surface area contributed by atoms with Gasteiger partial charge in [-0.2, -0.15) is 5.10 Å². The topological polar surface area (TPSA) is 70.4 Å². The summed E-state index contributed by atoms with van der Waals surface area (Å²) in [5.74, 6) is 0.929. The van der Waals surface area contributed by atoms with Crippen LogP contribution in [0, 0.1) is 0 Å². The van der Waals surface area contributed by atoms with Crippen LogP contribution in [-0.4, -0.2) is 61.0 Å². The van der Waals surface area contributed by atoms with Gasteiger partial charge >= 0.3 is 0 Å². The molecule has 0 spiro atoms. The summed E-state index contributed by atoms with van der Waals surface area (Å²) in [6, 6.07) is 0.431. The lowest BCUT2D eigenvalue weighted by atomic mass is 10.4. The minimum absolute atomic E-state index is 0.431. The fourth-order valence-corrected chi connectivity index (χ4v) is 1.52. The van der Waals surface area contributed by atoms with E-state index in [9.17, 15) is 0 Å². The fourth-order valence-electron chi connectivity index (χ4n) is 1.52. The second kappa shape index (κ2) is 10.7. The molecule has 1 N–H and O–H groups in total. The summed E-state index contributed by atoms with van der Waals surface area (Å²) in [6.45, 7) is 8.62. The van der Waals surface area contributed by atoms with Crippen LogP contribution in [-0.2, 0) is 27.3 Å². The second-order valence-corrected chi connectivity index (χ2v) is 4.65. The monoisotopic (exact) mass is 286 g/mol. The first-order valence-corrected chi connectivity index (χ1v) is 6.98. The van der Waals surface area contributed by atoms with Gasteiger partial charge in [0.1, 0.15) is 12.2 Å². The molecule has 0 aliphatic heterocycles. The van der Waals surface area contributed by atoms with Crippen molar-refractivity contribution in [1.82, 2.24) is 20.1 Å². The van der Waals surface area contributed by atoms with E-state index in [0.717, 1.165) is 12.4 Å². The van der Waals surface area contributed by atoms with Crippen molar-refractivity contribution in [3.63, 3.8) is 0 Å². The quantitative estimate of drug-likeness (QED) is 0.563. The predicted octanol–water partition coefficient (Wildman–Crippen LogP) is 0.456. The number of hydrogen-bond donors (Lipinski definition) is 1. The Bertz CT molecular complexity index is 344. The number of ether oxygens (including phenoxy) is 3. The first-order valence-electron chi connectivity index (χ1n) is 6.98. The van der Waals surface area contributed by atoms with Gasteiger partial charge in [0.05, 0.1) is 46.1 Å². The molecule has 0 aromatic carbocycles. The van der Waals surface area contributed by atoms with Crippen LogP contribution in [0.25, 0.3) is 0 Å². The molecule has 0 radical (unpaired) electrons. The zero-order valence-electron chi connectivity index (χ0n) is 12.7. The molecule has 0 aliphatic rings. The first-order chi connectivity index (χ1) is 9.74.